The molecule has 2 saturated heterocycles. The zero-order chi connectivity index (χ0) is 10.7. The number of hydrogen-bond donors (Lipinski definition) is 1. The Morgan fingerprint density at radius 2 is 2.47 bits per heavy atom. The molecule has 2 fully saturated rings. The second-order valence-electron chi connectivity index (χ2n) is 4.38. The van der Waals surface area contributed by atoms with Gasteiger partial charge in [-0.3, -0.25) is 10.1 Å². The summed E-state index contributed by atoms with van der Waals surface area (Å²) in [7, 11) is 0. The fourth-order valence-electron chi connectivity index (χ4n) is 2.37. The van der Waals surface area contributed by atoms with Crippen molar-refractivity contribution in [2.45, 2.75) is 44.7 Å². The fraction of sp³-hybridized carbons (Fsp3) is 0.909. The van der Waals surface area contributed by atoms with E-state index in [2.05, 4.69) is 12.2 Å². The maximum atomic E-state index is 12.0. The zero-order valence-corrected chi connectivity index (χ0v) is 9.37. The van der Waals surface area contributed by atoms with E-state index in [0.29, 0.717) is 19.3 Å². The van der Waals surface area contributed by atoms with Gasteiger partial charge in [0.05, 0.1) is 25.4 Å². The van der Waals surface area contributed by atoms with Gasteiger partial charge in [-0.1, -0.05) is 13.3 Å². The first-order valence-corrected chi connectivity index (χ1v) is 5.94. The van der Waals surface area contributed by atoms with Gasteiger partial charge in [0, 0.05) is 6.61 Å². The number of amides is 1. The van der Waals surface area contributed by atoms with Gasteiger partial charge in [-0.05, 0) is 19.3 Å². The molecule has 2 aliphatic rings. The predicted molar refractivity (Wildman–Crippen MR) is 57.4 cm³/mol. The van der Waals surface area contributed by atoms with E-state index in [1.54, 1.807) is 0 Å². The Morgan fingerprint density at radius 1 is 1.60 bits per heavy atom. The van der Waals surface area contributed by atoms with Gasteiger partial charge in [-0.25, -0.2) is 0 Å². The van der Waals surface area contributed by atoms with Crippen molar-refractivity contribution in [3.8, 4) is 0 Å². The van der Waals surface area contributed by atoms with Crippen LogP contribution in [0.1, 0.15) is 32.6 Å². The van der Waals surface area contributed by atoms with Crippen molar-refractivity contribution in [1.29, 1.82) is 0 Å². The van der Waals surface area contributed by atoms with Crippen LogP contribution < -0.4 is 5.32 Å². The minimum Gasteiger partial charge on any atom is -0.379 e. The van der Waals surface area contributed by atoms with Gasteiger partial charge in [0.15, 0.2) is 0 Å². The maximum absolute atomic E-state index is 12.0. The van der Waals surface area contributed by atoms with E-state index in [9.17, 15) is 4.79 Å². The van der Waals surface area contributed by atoms with Gasteiger partial charge in [-0.15, -0.1) is 0 Å². The molecular weight excluding hydrogens is 192 g/mol. The number of nitrogens with one attached hydrogen (secondary N) is 1. The first-order chi connectivity index (χ1) is 7.33. The first kappa shape index (κ1) is 10.9. The molecule has 4 heteroatoms. The highest BCUT2D eigenvalue weighted by Crippen LogP contribution is 2.18. The van der Waals surface area contributed by atoms with Gasteiger partial charge in [0.25, 0.3) is 0 Å². The Labute approximate surface area is 91.0 Å². The fourth-order valence-corrected chi connectivity index (χ4v) is 2.37. The summed E-state index contributed by atoms with van der Waals surface area (Å²) in [4.78, 5) is 14.0. The predicted octanol–water partition coefficient (Wildman–Crippen LogP) is 0.723. The van der Waals surface area contributed by atoms with Crippen LogP contribution in [0, 0.1) is 0 Å². The van der Waals surface area contributed by atoms with Crippen LogP contribution in [-0.4, -0.2) is 42.8 Å². The lowest BCUT2D eigenvalue weighted by atomic mass is 10.1. The van der Waals surface area contributed by atoms with E-state index in [-0.39, 0.29) is 11.9 Å². The Hall–Kier alpha value is -0.610. The highest BCUT2D eigenvalue weighted by molar-refractivity contribution is 5.84. The lowest BCUT2D eigenvalue weighted by molar-refractivity contribution is -0.133. The maximum Gasteiger partial charge on any atom is 0.241 e. The lowest BCUT2D eigenvalue weighted by Crippen LogP contribution is -2.43. The molecule has 2 heterocycles. The molecule has 86 valence electrons. The Balaban J connectivity index is 1.90. The van der Waals surface area contributed by atoms with Crippen LogP contribution >= 0.6 is 0 Å². The third kappa shape index (κ3) is 2.32. The minimum absolute atomic E-state index is 0.0527. The van der Waals surface area contributed by atoms with Crippen molar-refractivity contribution in [2.24, 2.45) is 0 Å². The number of carbonyl (C=O) groups is 1. The Bertz CT molecular complexity index is 227. The molecule has 2 unspecified atom stereocenters. The molecule has 0 aliphatic carbocycles. The first-order valence-electron chi connectivity index (χ1n) is 5.94. The Morgan fingerprint density at radius 3 is 3.13 bits per heavy atom. The molecular formula is C11H20N2O2. The monoisotopic (exact) mass is 212 g/mol. The molecule has 0 saturated carbocycles. The molecule has 1 amide bonds. The van der Waals surface area contributed by atoms with Crippen molar-refractivity contribution in [1.82, 2.24) is 10.2 Å². The number of carbonyl (C=O) groups excluding carboxylic acids is 1. The number of hydrogen-bond acceptors (Lipinski definition) is 3. The number of rotatable bonds is 3. The van der Waals surface area contributed by atoms with Gasteiger partial charge < -0.3 is 9.64 Å². The molecule has 0 aromatic heterocycles. The third-order valence-corrected chi connectivity index (χ3v) is 3.24. The van der Waals surface area contributed by atoms with Crippen molar-refractivity contribution in [3.05, 3.63) is 0 Å². The van der Waals surface area contributed by atoms with E-state index in [4.69, 9.17) is 4.74 Å². The topological polar surface area (TPSA) is 41.6 Å². The average molecular weight is 212 g/mol. The minimum atomic E-state index is 0.0527. The lowest BCUT2D eigenvalue weighted by Gasteiger charge is -2.30. The normalized spacial score (nSPS) is 32.3. The van der Waals surface area contributed by atoms with Crippen LogP contribution in [0.2, 0.25) is 0 Å². The van der Waals surface area contributed by atoms with Crippen molar-refractivity contribution in [2.75, 3.05) is 19.9 Å². The smallest absolute Gasteiger partial charge is 0.241 e. The molecule has 0 aromatic carbocycles. The van der Waals surface area contributed by atoms with Crippen LogP contribution in [0.4, 0.5) is 0 Å². The summed E-state index contributed by atoms with van der Waals surface area (Å²) in [5, 5.41) is 3.28. The SMILES string of the molecule is CCCC1NCN(C2CCCOC2)C1=O. The third-order valence-electron chi connectivity index (χ3n) is 3.24. The number of ether oxygens (including phenoxy) is 1. The molecule has 0 spiro atoms. The summed E-state index contributed by atoms with van der Waals surface area (Å²) in [6.45, 7) is 4.38. The highest BCUT2D eigenvalue weighted by Gasteiger charge is 2.35. The largest absolute Gasteiger partial charge is 0.379 e. The van der Waals surface area contributed by atoms with Crippen molar-refractivity contribution < 1.29 is 9.53 Å². The van der Waals surface area contributed by atoms with Crippen LogP contribution in [0.3, 0.4) is 0 Å². The summed E-state index contributed by atoms with van der Waals surface area (Å²) in [5.74, 6) is 0.271. The van der Waals surface area contributed by atoms with Gasteiger partial charge >= 0.3 is 0 Å². The molecule has 1 N–H and O–H groups in total. The average Bonchev–Trinajstić information content (AvgIpc) is 2.63. The summed E-state index contributed by atoms with van der Waals surface area (Å²) in [6.07, 6.45) is 4.17. The van der Waals surface area contributed by atoms with Gasteiger partial charge in [0.2, 0.25) is 5.91 Å². The van der Waals surface area contributed by atoms with E-state index in [1.807, 2.05) is 4.90 Å². The molecule has 15 heavy (non-hydrogen) atoms. The Kier molecular flexibility index (Phi) is 3.59. The van der Waals surface area contributed by atoms with E-state index in [1.165, 1.54) is 0 Å². The van der Waals surface area contributed by atoms with E-state index in [0.717, 1.165) is 32.3 Å². The van der Waals surface area contributed by atoms with Crippen LogP contribution in [0.5, 0.6) is 0 Å². The van der Waals surface area contributed by atoms with Gasteiger partial charge in [0.1, 0.15) is 0 Å². The summed E-state index contributed by atoms with van der Waals surface area (Å²) in [5.41, 5.74) is 0. The molecule has 2 aliphatic heterocycles. The molecule has 2 atom stereocenters. The second-order valence-corrected chi connectivity index (χ2v) is 4.38. The highest BCUT2D eigenvalue weighted by atomic mass is 16.5. The van der Waals surface area contributed by atoms with Gasteiger partial charge in [-0.2, -0.15) is 0 Å². The zero-order valence-electron chi connectivity index (χ0n) is 9.37. The van der Waals surface area contributed by atoms with Crippen LogP contribution in [0.25, 0.3) is 0 Å². The molecule has 0 bridgehead atoms. The second kappa shape index (κ2) is 4.94. The van der Waals surface area contributed by atoms with Crippen molar-refractivity contribution in [3.63, 3.8) is 0 Å². The van der Waals surface area contributed by atoms with Crippen LogP contribution in [-0.2, 0) is 9.53 Å². The molecule has 0 aromatic rings. The van der Waals surface area contributed by atoms with Crippen molar-refractivity contribution >= 4 is 5.91 Å². The quantitative estimate of drug-likeness (QED) is 0.749. The summed E-state index contributed by atoms with van der Waals surface area (Å²) in [6, 6.07) is 0.359. The summed E-state index contributed by atoms with van der Waals surface area (Å²) < 4.78 is 5.42. The van der Waals surface area contributed by atoms with E-state index < -0.39 is 0 Å². The van der Waals surface area contributed by atoms with Crippen LogP contribution in [0.15, 0.2) is 0 Å². The molecule has 4 nitrogen and oxygen atoms in total. The molecule has 0 radical (unpaired) electrons. The van der Waals surface area contributed by atoms with E-state index >= 15 is 0 Å². The summed E-state index contributed by atoms with van der Waals surface area (Å²) >= 11 is 0. The molecule has 2 rings (SSSR count). The standard InChI is InChI=1S/C11H20N2O2/c1-2-4-10-11(14)13(8-12-10)9-5-3-6-15-7-9/h9-10,12H,2-8H2,1H3. The number of nitrogens with zero attached hydrogens (tertiary/aromatic N) is 1.